The van der Waals surface area contributed by atoms with Crippen LogP contribution in [0.2, 0.25) is 0 Å². The number of rotatable bonds is 3. The van der Waals surface area contributed by atoms with Crippen LogP contribution in [0.3, 0.4) is 0 Å². The zero-order valence-corrected chi connectivity index (χ0v) is 12.2. The molecule has 2 aromatic heterocycles. The summed E-state index contributed by atoms with van der Waals surface area (Å²) in [6, 6.07) is 0. The van der Waals surface area contributed by atoms with Gasteiger partial charge in [0, 0.05) is 17.6 Å². The van der Waals surface area contributed by atoms with Gasteiger partial charge >= 0.3 is 0 Å². The Kier molecular flexibility index (Phi) is 3.29. The molecule has 0 fully saturated rings. The van der Waals surface area contributed by atoms with E-state index in [0.29, 0.717) is 18.1 Å². The normalized spacial score (nSPS) is 12.2. The number of nitrogen functional groups attached to an aromatic ring is 1. The molecule has 0 aliphatic carbocycles. The molecule has 0 amide bonds. The molecule has 0 aliphatic rings. The number of aromatic nitrogens is 2. The fraction of sp³-hybridized carbons (Fsp3) is 0.455. The molecule has 2 N–H and O–H groups in total. The number of anilines is 1. The van der Waals surface area contributed by atoms with E-state index in [9.17, 15) is 8.42 Å². The van der Waals surface area contributed by atoms with Crippen molar-refractivity contribution in [3.63, 3.8) is 0 Å². The van der Waals surface area contributed by atoms with Crippen LogP contribution in [0.5, 0.6) is 0 Å². The molecule has 0 atom stereocenters. The van der Waals surface area contributed by atoms with Crippen LogP contribution >= 0.6 is 11.3 Å². The Hall–Kier alpha value is -1.21. The van der Waals surface area contributed by atoms with Gasteiger partial charge in [0.15, 0.2) is 0 Å². The standard InChI is InChI=1S/C11H15N3O2S2/c1-6-7(2)17-11-9(6)10(12)13-8(14-11)4-5-18(3,15)16/h4-5H2,1-3H3,(H2,12,13,14). The highest BCUT2D eigenvalue weighted by Crippen LogP contribution is 2.31. The number of hydrogen-bond donors (Lipinski definition) is 1. The second kappa shape index (κ2) is 4.47. The quantitative estimate of drug-likeness (QED) is 0.923. The predicted molar refractivity (Wildman–Crippen MR) is 74.7 cm³/mol. The van der Waals surface area contributed by atoms with Gasteiger partial charge in [0.1, 0.15) is 26.3 Å². The van der Waals surface area contributed by atoms with Crippen molar-refractivity contribution in [2.45, 2.75) is 20.3 Å². The molecule has 0 saturated carbocycles. The third kappa shape index (κ3) is 2.62. The third-order valence-corrected chi connectivity index (χ3v) is 4.85. The number of nitrogens with zero attached hydrogens (tertiary/aromatic N) is 2. The van der Waals surface area contributed by atoms with Crippen LogP contribution in [0.25, 0.3) is 10.2 Å². The first-order valence-corrected chi connectivity index (χ1v) is 8.35. The maximum absolute atomic E-state index is 11.1. The second-order valence-corrected chi connectivity index (χ2v) is 7.83. The van der Waals surface area contributed by atoms with Gasteiger partial charge in [-0.25, -0.2) is 18.4 Å². The Labute approximate surface area is 110 Å². The average Bonchev–Trinajstić information content (AvgIpc) is 2.51. The van der Waals surface area contributed by atoms with Crippen LogP contribution in [0.15, 0.2) is 0 Å². The van der Waals surface area contributed by atoms with Crippen molar-refractivity contribution in [1.82, 2.24) is 9.97 Å². The largest absolute Gasteiger partial charge is 0.383 e. The van der Waals surface area contributed by atoms with E-state index in [4.69, 9.17) is 5.73 Å². The van der Waals surface area contributed by atoms with Crippen molar-refractivity contribution >= 4 is 37.2 Å². The molecule has 5 nitrogen and oxygen atoms in total. The minimum absolute atomic E-state index is 0.0429. The first-order chi connectivity index (χ1) is 8.28. The number of thiophene rings is 1. The molecule has 2 heterocycles. The number of sulfone groups is 1. The van der Waals surface area contributed by atoms with Crippen molar-refractivity contribution in [2.24, 2.45) is 0 Å². The van der Waals surface area contributed by atoms with Gasteiger partial charge in [-0.2, -0.15) is 0 Å². The summed E-state index contributed by atoms with van der Waals surface area (Å²) in [6.07, 6.45) is 1.50. The summed E-state index contributed by atoms with van der Waals surface area (Å²) in [4.78, 5) is 10.6. The molecular weight excluding hydrogens is 270 g/mol. The molecule has 2 rings (SSSR count). The molecule has 0 spiro atoms. The van der Waals surface area contributed by atoms with Crippen LogP contribution in [0, 0.1) is 13.8 Å². The topological polar surface area (TPSA) is 85.9 Å². The Balaban J connectivity index is 2.43. The second-order valence-electron chi connectivity index (χ2n) is 4.37. The van der Waals surface area contributed by atoms with E-state index in [0.717, 1.165) is 20.7 Å². The van der Waals surface area contributed by atoms with Crippen molar-refractivity contribution in [1.29, 1.82) is 0 Å². The number of fused-ring (bicyclic) bond motifs is 1. The van der Waals surface area contributed by atoms with Crippen molar-refractivity contribution < 1.29 is 8.42 Å². The van der Waals surface area contributed by atoms with E-state index >= 15 is 0 Å². The van der Waals surface area contributed by atoms with Gasteiger partial charge in [0.25, 0.3) is 0 Å². The zero-order chi connectivity index (χ0) is 13.5. The molecule has 0 unspecified atom stereocenters. The lowest BCUT2D eigenvalue weighted by Gasteiger charge is -2.02. The van der Waals surface area contributed by atoms with Gasteiger partial charge < -0.3 is 5.73 Å². The summed E-state index contributed by atoms with van der Waals surface area (Å²) in [5.74, 6) is 0.971. The number of hydrogen-bond acceptors (Lipinski definition) is 6. The summed E-state index contributed by atoms with van der Waals surface area (Å²) in [7, 11) is -3.01. The zero-order valence-electron chi connectivity index (χ0n) is 10.5. The van der Waals surface area contributed by atoms with Crippen LogP contribution in [-0.4, -0.2) is 30.4 Å². The minimum atomic E-state index is -3.01. The molecule has 0 saturated heterocycles. The summed E-state index contributed by atoms with van der Waals surface area (Å²) in [5.41, 5.74) is 7.02. The van der Waals surface area contributed by atoms with Gasteiger partial charge in [-0.15, -0.1) is 11.3 Å². The smallest absolute Gasteiger partial charge is 0.147 e. The van der Waals surface area contributed by atoms with Crippen LogP contribution in [-0.2, 0) is 16.3 Å². The fourth-order valence-electron chi connectivity index (χ4n) is 1.72. The highest BCUT2D eigenvalue weighted by molar-refractivity contribution is 7.90. The average molecular weight is 285 g/mol. The van der Waals surface area contributed by atoms with Crippen molar-refractivity contribution in [3.05, 3.63) is 16.3 Å². The lowest BCUT2D eigenvalue weighted by Crippen LogP contribution is -2.09. The molecule has 98 valence electrons. The summed E-state index contributed by atoms with van der Waals surface area (Å²) in [6.45, 7) is 4.00. The monoisotopic (exact) mass is 285 g/mol. The molecular formula is C11H15N3O2S2. The van der Waals surface area contributed by atoms with E-state index in [1.165, 1.54) is 6.26 Å². The van der Waals surface area contributed by atoms with Gasteiger partial charge in [0.2, 0.25) is 0 Å². The maximum atomic E-state index is 11.1. The van der Waals surface area contributed by atoms with E-state index in [2.05, 4.69) is 9.97 Å². The Bertz CT molecular complexity index is 705. The number of aryl methyl sites for hydroxylation is 3. The van der Waals surface area contributed by atoms with E-state index in [1.807, 2.05) is 13.8 Å². The highest BCUT2D eigenvalue weighted by atomic mass is 32.2. The van der Waals surface area contributed by atoms with E-state index < -0.39 is 9.84 Å². The maximum Gasteiger partial charge on any atom is 0.147 e. The molecule has 0 aromatic carbocycles. The van der Waals surface area contributed by atoms with Gasteiger partial charge in [0.05, 0.1) is 11.1 Å². The molecule has 0 bridgehead atoms. The summed E-state index contributed by atoms with van der Waals surface area (Å²) < 4.78 is 22.3. The summed E-state index contributed by atoms with van der Waals surface area (Å²) >= 11 is 1.56. The minimum Gasteiger partial charge on any atom is -0.383 e. The van der Waals surface area contributed by atoms with Crippen molar-refractivity contribution in [2.75, 3.05) is 17.7 Å². The van der Waals surface area contributed by atoms with Crippen molar-refractivity contribution in [3.8, 4) is 0 Å². The molecule has 18 heavy (non-hydrogen) atoms. The fourth-order valence-corrected chi connectivity index (χ4v) is 3.32. The molecule has 2 aromatic rings. The Morgan fingerprint density at radius 3 is 2.56 bits per heavy atom. The first-order valence-electron chi connectivity index (χ1n) is 5.48. The highest BCUT2D eigenvalue weighted by Gasteiger charge is 2.13. The molecule has 0 aliphatic heterocycles. The molecule has 7 heteroatoms. The number of nitrogens with two attached hydrogens (primary N) is 1. The SMILES string of the molecule is Cc1sc2nc(CCS(C)(=O)=O)nc(N)c2c1C. The van der Waals surface area contributed by atoms with Gasteiger partial charge in [-0.3, -0.25) is 0 Å². The Morgan fingerprint density at radius 1 is 1.28 bits per heavy atom. The lowest BCUT2D eigenvalue weighted by molar-refractivity contribution is 0.600. The third-order valence-electron chi connectivity index (χ3n) is 2.80. The van der Waals surface area contributed by atoms with Gasteiger partial charge in [-0.1, -0.05) is 0 Å². The first kappa shape index (κ1) is 13.2. The van der Waals surface area contributed by atoms with Crippen LogP contribution in [0.4, 0.5) is 5.82 Å². The van der Waals surface area contributed by atoms with E-state index in [1.54, 1.807) is 11.3 Å². The van der Waals surface area contributed by atoms with Gasteiger partial charge in [-0.05, 0) is 19.4 Å². The lowest BCUT2D eigenvalue weighted by atomic mass is 10.2. The van der Waals surface area contributed by atoms with Crippen LogP contribution in [0.1, 0.15) is 16.3 Å². The summed E-state index contributed by atoms with van der Waals surface area (Å²) in [5, 5.41) is 0.889. The Morgan fingerprint density at radius 2 is 1.94 bits per heavy atom. The molecule has 0 radical (unpaired) electrons. The predicted octanol–water partition coefficient (Wildman–Crippen LogP) is 1.48. The van der Waals surface area contributed by atoms with E-state index in [-0.39, 0.29) is 5.75 Å². The van der Waals surface area contributed by atoms with Crippen LogP contribution < -0.4 is 5.73 Å².